The van der Waals surface area contributed by atoms with E-state index in [1.807, 2.05) is 5.43 Å². The number of carbonyl (C=O) groups is 1. The standard InChI is InChI=1S/C17H12F2N2O4S/c18-13-9-11(15-5-3-7-25-15)8-12(10-13)17(22)20-21-26(23,24)16-6-2-1-4-14(16)19/h1-10,21H,(H,20,22). The van der Waals surface area contributed by atoms with Gasteiger partial charge in [0.25, 0.3) is 15.9 Å². The molecule has 26 heavy (non-hydrogen) atoms. The van der Waals surface area contributed by atoms with Crippen LogP contribution in [0.1, 0.15) is 10.4 Å². The van der Waals surface area contributed by atoms with Gasteiger partial charge in [-0.15, -0.1) is 4.83 Å². The maximum Gasteiger partial charge on any atom is 0.266 e. The molecule has 0 bridgehead atoms. The second kappa shape index (κ2) is 7.06. The number of carbonyl (C=O) groups excluding carboxylic acids is 1. The van der Waals surface area contributed by atoms with Gasteiger partial charge in [-0.3, -0.25) is 10.2 Å². The molecule has 0 aliphatic carbocycles. The van der Waals surface area contributed by atoms with E-state index in [0.717, 1.165) is 18.2 Å². The Hall–Kier alpha value is -3.04. The van der Waals surface area contributed by atoms with Crippen molar-refractivity contribution < 1.29 is 26.4 Å². The van der Waals surface area contributed by atoms with Crippen LogP contribution in [0.5, 0.6) is 0 Å². The van der Waals surface area contributed by atoms with Gasteiger partial charge in [-0.25, -0.2) is 17.2 Å². The summed E-state index contributed by atoms with van der Waals surface area (Å²) >= 11 is 0. The molecular formula is C17H12F2N2O4S. The summed E-state index contributed by atoms with van der Waals surface area (Å²) in [6.45, 7) is 0. The predicted molar refractivity (Wildman–Crippen MR) is 88.3 cm³/mol. The molecular weight excluding hydrogens is 366 g/mol. The summed E-state index contributed by atoms with van der Waals surface area (Å²) in [5, 5.41) is 0. The smallest absolute Gasteiger partial charge is 0.266 e. The van der Waals surface area contributed by atoms with Crippen LogP contribution in [-0.4, -0.2) is 14.3 Å². The van der Waals surface area contributed by atoms with Crippen molar-refractivity contribution in [2.75, 3.05) is 0 Å². The van der Waals surface area contributed by atoms with Gasteiger partial charge in [-0.05, 0) is 42.5 Å². The molecule has 3 rings (SSSR count). The summed E-state index contributed by atoms with van der Waals surface area (Å²) in [7, 11) is -4.33. The van der Waals surface area contributed by atoms with Crippen molar-refractivity contribution in [3.63, 3.8) is 0 Å². The molecule has 0 spiro atoms. The topological polar surface area (TPSA) is 88.4 Å². The van der Waals surface area contributed by atoms with Gasteiger partial charge in [0.15, 0.2) is 0 Å². The molecule has 0 aliphatic rings. The number of hydrogen-bond acceptors (Lipinski definition) is 4. The Morgan fingerprint density at radius 1 is 1.00 bits per heavy atom. The number of benzene rings is 2. The fourth-order valence-electron chi connectivity index (χ4n) is 2.21. The van der Waals surface area contributed by atoms with Crippen molar-refractivity contribution in [2.45, 2.75) is 4.90 Å². The molecule has 2 aromatic carbocycles. The number of amides is 1. The number of halogens is 2. The first-order valence-electron chi connectivity index (χ1n) is 7.28. The van der Waals surface area contributed by atoms with Crippen molar-refractivity contribution in [3.8, 4) is 11.3 Å². The molecule has 1 heterocycles. The number of hydrazine groups is 1. The van der Waals surface area contributed by atoms with E-state index in [1.54, 1.807) is 17.0 Å². The van der Waals surface area contributed by atoms with Crippen molar-refractivity contribution in [2.24, 2.45) is 0 Å². The van der Waals surface area contributed by atoms with E-state index in [1.165, 1.54) is 30.5 Å². The lowest BCUT2D eigenvalue weighted by Crippen LogP contribution is -2.41. The summed E-state index contributed by atoms with van der Waals surface area (Å²) < 4.78 is 56.6. The van der Waals surface area contributed by atoms with E-state index in [-0.39, 0.29) is 5.56 Å². The molecule has 1 aromatic heterocycles. The van der Waals surface area contributed by atoms with Gasteiger partial charge in [0.05, 0.1) is 6.26 Å². The van der Waals surface area contributed by atoms with Gasteiger partial charge in [-0.2, -0.15) is 0 Å². The summed E-state index contributed by atoms with van der Waals surface area (Å²) in [6.07, 6.45) is 1.39. The van der Waals surface area contributed by atoms with Gasteiger partial charge in [0.2, 0.25) is 0 Å². The zero-order chi connectivity index (χ0) is 18.7. The Balaban J connectivity index is 1.80. The lowest BCUT2D eigenvalue weighted by Gasteiger charge is -2.10. The fraction of sp³-hybridized carbons (Fsp3) is 0. The fourth-order valence-corrected chi connectivity index (χ4v) is 3.13. The van der Waals surface area contributed by atoms with Gasteiger partial charge in [0, 0.05) is 11.1 Å². The highest BCUT2D eigenvalue weighted by Gasteiger charge is 2.20. The lowest BCUT2D eigenvalue weighted by molar-refractivity contribution is 0.0944. The zero-order valence-corrected chi connectivity index (χ0v) is 13.9. The third-order valence-electron chi connectivity index (χ3n) is 3.39. The molecule has 3 aromatic rings. The SMILES string of the molecule is O=C(NNS(=O)(=O)c1ccccc1F)c1cc(F)cc(-c2ccco2)c1. The van der Waals surface area contributed by atoms with Gasteiger partial charge in [0.1, 0.15) is 22.3 Å². The first kappa shape index (κ1) is 17.8. The molecule has 0 saturated heterocycles. The van der Waals surface area contributed by atoms with Crippen molar-refractivity contribution in [1.82, 2.24) is 10.3 Å². The van der Waals surface area contributed by atoms with Crippen LogP contribution in [-0.2, 0) is 10.0 Å². The van der Waals surface area contributed by atoms with Crippen molar-refractivity contribution >= 4 is 15.9 Å². The van der Waals surface area contributed by atoms with Gasteiger partial charge < -0.3 is 4.42 Å². The minimum absolute atomic E-state index is 0.146. The Morgan fingerprint density at radius 3 is 2.46 bits per heavy atom. The predicted octanol–water partition coefficient (Wildman–Crippen LogP) is 2.85. The molecule has 134 valence electrons. The average Bonchev–Trinajstić information content (AvgIpc) is 3.14. The van der Waals surface area contributed by atoms with Crippen LogP contribution in [0, 0.1) is 11.6 Å². The first-order chi connectivity index (χ1) is 12.4. The third kappa shape index (κ3) is 3.79. The molecule has 0 aliphatic heterocycles. The van der Waals surface area contributed by atoms with E-state index in [0.29, 0.717) is 11.3 Å². The van der Waals surface area contributed by atoms with E-state index in [9.17, 15) is 22.0 Å². The van der Waals surface area contributed by atoms with Crippen molar-refractivity contribution in [3.05, 3.63) is 78.1 Å². The van der Waals surface area contributed by atoms with Gasteiger partial charge >= 0.3 is 0 Å². The van der Waals surface area contributed by atoms with E-state index >= 15 is 0 Å². The molecule has 0 fully saturated rings. The normalized spacial score (nSPS) is 11.3. The van der Waals surface area contributed by atoms with Crippen LogP contribution in [0.3, 0.4) is 0 Å². The zero-order valence-electron chi connectivity index (χ0n) is 13.1. The Labute approximate surface area is 147 Å². The number of furan rings is 1. The van der Waals surface area contributed by atoms with Crippen LogP contribution in [0.25, 0.3) is 11.3 Å². The number of rotatable bonds is 5. The summed E-state index contributed by atoms with van der Waals surface area (Å²) in [5.41, 5.74) is 2.08. The Bertz CT molecular complexity index is 1050. The Morgan fingerprint density at radius 2 is 1.77 bits per heavy atom. The van der Waals surface area contributed by atoms with Crippen LogP contribution in [0.15, 0.2) is 70.2 Å². The average molecular weight is 378 g/mol. The number of nitrogens with one attached hydrogen (secondary N) is 2. The summed E-state index contributed by atoms with van der Waals surface area (Å²) in [5.74, 6) is -2.26. The molecule has 9 heteroatoms. The highest BCUT2D eigenvalue weighted by Crippen LogP contribution is 2.22. The number of hydrogen-bond donors (Lipinski definition) is 2. The minimum atomic E-state index is -4.33. The maximum atomic E-state index is 13.8. The van der Waals surface area contributed by atoms with Crippen molar-refractivity contribution in [1.29, 1.82) is 0 Å². The molecule has 1 amide bonds. The maximum absolute atomic E-state index is 13.8. The molecule has 0 radical (unpaired) electrons. The minimum Gasteiger partial charge on any atom is -0.464 e. The van der Waals surface area contributed by atoms with E-state index in [4.69, 9.17) is 4.42 Å². The van der Waals surface area contributed by atoms with Crippen LogP contribution >= 0.6 is 0 Å². The largest absolute Gasteiger partial charge is 0.464 e. The molecule has 6 nitrogen and oxygen atoms in total. The molecule has 2 N–H and O–H groups in total. The number of sulfonamides is 1. The second-order valence-corrected chi connectivity index (χ2v) is 6.85. The van der Waals surface area contributed by atoms with Crippen LogP contribution in [0.2, 0.25) is 0 Å². The van der Waals surface area contributed by atoms with Crippen LogP contribution < -0.4 is 10.3 Å². The summed E-state index contributed by atoms with van der Waals surface area (Å²) in [6, 6.07) is 11.3. The second-order valence-electron chi connectivity index (χ2n) is 5.20. The van der Waals surface area contributed by atoms with E-state index < -0.39 is 32.5 Å². The summed E-state index contributed by atoms with van der Waals surface area (Å²) in [4.78, 5) is 13.3. The third-order valence-corrected chi connectivity index (χ3v) is 4.67. The lowest BCUT2D eigenvalue weighted by atomic mass is 10.1. The Kier molecular flexibility index (Phi) is 4.83. The molecule has 0 atom stereocenters. The van der Waals surface area contributed by atoms with Gasteiger partial charge in [-0.1, -0.05) is 12.1 Å². The van der Waals surface area contributed by atoms with E-state index in [2.05, 4.69) is 0 Å². The quantitative estimate of drug-likeness (QED) is 0.668. The molecule has 0 unspecified atom stereocenters. The monoisotopic (exact) mass is 378 g/mol. The molecule has 0 saturated carbocycles. The highest BCUT2D eigenvalue weighted by atomic mass is 32.2. The first-order valence-corrected chi connectivity index (χ1v) is 8.76. The van der Waals surface area contributed by atoms with Crippen LogP contribution in [0.4, 0.5) is 8.78 Å². The highest BCUT2D eigenvalue weighted by molar-refractivity contribution is 7.89.